The Hall–Kier alpha value is -0.340. The van der Waals surface area contributed by atoms with E-state index >= 15 is 0 Å². The molecule has 0 aromatic carbocycles. The lowest BCUT2D eigenvalue weighted by Crippen LogP contribution is -2.41. The molecule has 0 bridgehead atoms. The van der Waals surface area contributed by atoms with Crippen LogP contribution in [0.1, 0.15) is 57.2 Å². The molecule has 0 saturated heterocycles. The van der Waals surface area contributed by atoms with Gasteiger partial charge in [-0.15, -0.1) is 35.3 Å². The largest absolute Gasteiger partial charge is 0.396 e. The molecule has 1 atom stereocenters. The topological polar surface area (TPSA) is 56.7 Å². The molecule has 1 heterocycles. The molecule has 0 aliphatic heterocycles. The van der Waals surface area contributed by atoms with Crippen molar-refractivity contribution in [3.05, 3.63) is 22.4 Å². The molecule has 1 aromatic rings. The lowest BCUT2D eigenvalue weighted by molar-refractivity contribution is 0.137. The van der Waals surface area contributed by atoms with E-state index in [4.69, 9.17) is 4.99 Å². The van der Waals surface area contributed by atoms with Gasteiger partial charge in [0, 0.05) is 31.1 Å². The van der Waals surface area contributed by atoms with E-state index in [1.807, 2.05) is 11.3 Å². The van der Waals surface area contributed by atoms with E-state index in [9.17, 15) is 5.11 Å². The Bertz CT molecular complexity index is 496. The van der Waals surface area contributed by atoms with E-state index < -0.39 is 0 Å². The van der Waals surface area contributed by atoms with Gasteiger partial charge in [-0.2, -0.15) is 0 Å². The molecule has 4 nitrogen and oxygen atoms in total. The monoisotopic (exact) mass is 493 g/mol. The van der Waals surface area contributed by atoms with Gasteiger partial charge in [-0.3, -0.25) is 4.99 Å². The number of rotatable bonds is 9. The Morgan fingerprint density at radius 2 is 2.08 bits per heavy atom. The molecule has 6 heteroatoms. The smallest absolute Gasteiger partial charge is 0.191 e. The molecule has 0 spiro atoms. The highest BCUT2D eigenvalue weighted by atomic mass is 127. The van der Waals surface area contributed by atoms with Crippen molar-refractivity contribution in [2.45, 2.75) is 58.8 Å². The second kappa shape index (κ2) is 12.9. The summed E-state index contributed by atoms with van der Waals surface area (Å²) < 4.78 is 0. The second-order valence-electron chi connectivity index (χ2n) is 7.50. The van der Waals surface area contributed by atoms with Crippen LogP contribution >= 0.6 is 35.3 Å². The standard InChI is InChI=1S/C20H35N3OS.HI/c1-3-21-19(22-15-17(2)14-18-8-7-13-25-18)23-16-20(11-12-24)9-5-4-6-10-20;/h7-8,13,17,24H,3-6,9-12,14-16H2,1-2H3,(H2,21,22,23);1H. The van der Waals surface area contributed by atoms with E-state index in [1.54, 1.807) is 0 Å². The van der Waals surface area contributed by atoms with E-state index in [1.165, 1.54) is 37.0 Å². The summed E-state index contributed by atoms with van der Waals surface area (Å²) in [4.78, 5) is 6.33. The molecule has 1 fully saturated rings. The minimum Gasteiger partial charge on any atom is -0.396 e. The molecule has 2 rings (SSSR count). The minimum atomic E-state index is 0. The number of halogens is 1. The van der Waals surface area contributed by atoms with Gasteiger partial charge in [-0.05, 0) is 55.4 Å². The first kappa shape index (κ1) is 23.7. The number of nitrogens with one attached hydrogen (secondary N) is 2. The first-order valence-corrected chi connectivity index (χ1v) is 10.7. The molecule has 1 aliphatic carbocycles. The third-order valence-electron chi connectivity index (χ3n) is 5.22. The van der Waals surface area contributed by atoms with Crippen LogP contribution in [0.25, 0.3) is 0 Å². The Kier molecular flexibility index (Phi) is 11.8. The van der Waals surface area contributed by atoms with Crippen molar-refractivity contribution in [2.75, 3.05) is 26.2 Å². The molecule has 1 saturated carbocycles. The van der Waals surface area contributed by atoms with E-state index in [0.717, 1.165) is 38.4 Å². The fourth-order valence-corrected chi connectivity index (χ4v) is 4.60. The van der Waals surface area contributed by atoms with Gasteiger partial charge in [0.15, 0.2) is 5.96 Å². The minimum absolute atomic E-state index is 0. The molecule has 1 aliphatic rings. The van der Waals surface area contributed by atoms with E-state index in [2.05, 4.69) is 42.0 Å². The maximum Gasteiger partial charge on any atom is 0.191 e. The third-order valence-corrected chi connectivity index (χ3v) is 6.12. The van der Waals surface area contributed by atoms with Crippen molar-refractivity contribution < 1.29 is 5.11 Å². The Morgan fingerprint density at radius 3 is 2.69 bits per heavy atom. The van der Waals surface area contributed by atoms with Crippen LogP contribution in [0.2, 0.25) is 0 Å². The van der Waals surface area contributed by atoms with E-state index in [0.29, 0.717) is 5.92 Å². The summed E-state index contributed by atoms with van der Waals surface area (Å²) in [5.41, 5.74) is 0.206. The first-order valence-electron chi connectivity index (χ1n) is 9.83. The molecule has 0 radical (unpaired) electrons. The van der Waals surface area contributed by atoms with Crippen LogP contribution in [-0.4, -0.2) is 37.3 Å². The fourth-order valence-electron chi connectivity index (χ4n) is 3.73. The van der Waals surface area contributed by atoms with Crippen LogP contribution in [0.4, 0.5) is 0 Å². The molecule has 1 aromatic heterocycles. The zero-order chi connectivity index (χ0) is 18.0. The maximum absolute atomic E-state index is 9.47. The molecular weight excluding hydrogens is 457 g/mol. The summed E-state index contributed by atoms with van der Waals surface area (Å²) in [6.45, 7) is 7.29. The number of thiophene rings is 1. The number of aliphatic imine (C=N–C) groups is 1. The molecule has 150 valence electrons. The van der Waals surface area contributed by atoms with Gasteiger partial charge in [-0.1, -0.05) is 32.3 Å². The van der Waals surface area contributed by atoms with Crippen molar-refractivity contribution in [3.63, 3.8) is 0 Å². The summed E-state index contributed by atoms with van der Waals surface area (Å²) >= 11 is 1.83. The van der Waals surface area contributed by atoms with Crippen LogP contribution in [0.5, 0.6) is 0 Å². The molecule has 1 unspecified atom stereocenters. The lowest BCUT2D eigenvalue weighted by Gasteiger charge is -2.35. The van der Waals surface area contributed by atoms with Crippen LogP contribution in [0.15, 0.2) is 22.5 Å². The van der Waals surface area contributed by atoms with Crippen molar-refractivity contribution in [2.24, 2.45) is 16.3 Å². The normalized spacial score (nSPS) is 18.0. The molecule has 3 N–H and O–H groups in total. The zero-order valence-corrected chi connectivity index (χ0v) is 19.4. The lowest BCUT2D eigenvalue weighted by atomic mass is 9.72. The molecule has 0 amide bonds. The summed E-state index contributed by atoms with van der Waals surface area (Å²) in [5.74, 6) is 1.49. The van der Waals surface area contributed by atoms with Crippen LogP contribution in [-0.2, 0) is 6.42 Å². The van der Waals surface area contributed by atoms with Crippen LogP contribution in [0.3, 0.4) is 0 Å². The van der Waals surface area contributed by atoms with Crippen molar-refractivity contribution in [1.82, 2.24) is 10.6 Å². The number of aliphatic hydroxyl groups excluding tert-OH is 1. The number of nitrogens with zero attached hydrogens (tertiary/aromatic N) is 1. The second-order valence-corrected chi connectivity index (χ2v) is 8.53. The average Bonchev–Trinajstić information content (AvgIpc) is 3.11. The number of guanidine groups is 1. The number of hydrogen-bond donors (Lipinski definition) is 3. The van der Waals surface area contributed by atoms with Crippen molar-refractivity contribution >= 4 is 41.3 Å². The third kappa shape index (κ3) is 8.13. The summed E-state index contributed by atoms with van der Waals surface area (Å²) in [7, 11) is 0. The highest BCUT2D eigenvalue weighted by Crippen LogP contribution is 2.39. The van der Waals surface area contributed by atoms with Gasteiger partial charge in [0.05, 0.1) is 0 Å². The molecular formula is C20H36IN3OS. The number of aliphatic hydroxyl groups is 1. The predicted molar refractivity (Wildman–Crippen MR) is 124 cm³/mol. The Balaban J connectivity index is 0.00000338. The summed E-state index contributed by atoms with van der Waals surface area (Å²) in [6.07, 6.45) is 8.27. The van der Waals surface area contributed by atoms with Gasteiger partial charge in [-0.25, -0.2) is 0 Å². The zero-order valence-electron chi connectivity index (χ0n) is 16.3. The van der Waals surface area contributed by atoms with Gasteiger partial charge < -0.3 is 15.7 Å². The van der Waals surface area contributed by atoms with Crippen molar-refractivity contribution in [3.8, 4) is 0 Å². The predicted octanol–water partition coefficient (Wildman–Crippen LogP) is 4.43. The average molecular weight is 493 g/mol. The van der Waals surface area contributed by atoms with Crippen molar-refractivity contribution in [1.29, 1.82) is 0 Å². The number of hydrogen-bond acceptors (Lipinski definition) is 3. The van der Waals surface area contributed by atoms with Crippen LogP contribution < -0.4 is 10.6 Å². The fraction of sp³-hybridized carbons (Fsp3) is 0.750. The van der Waals surface area contributed by atoms with Crippen LogP contribution in [0, 0.1) is 11.3 Å². The highest BCUT2D eigenvalue weighted by Gasteiger charge is 2.31. The Morgan fingerprint density at radius 1 is 1.31 bits per heavy atom. The molecule has 26 heavy (non-hydrogen) atoms. The van der Waals surface area contributed by atoms with Gasteiger partial charge in [0.25, 0.3) is 0 Å². The first-order chi connectivity index (χ1) is 12.2. The highest BCUT2D eigenvalue weighted by molar-refractivity contribution is 14.0. The van der Waals surface area contributed by atoms with Gasteiger partial charge in [0.2, 0.25) is 0 Å². The van der Waals surface area contributed by atoms with Gasteiger partial charge >= 0.3 is 0 Å². The summed E-state index contributed by atoms with van der Waals surface area (Å²) in [6, 6.07) is 4.33. The maximum atomic E-state index is 9.47. The van der Waals surface area contributed by atoms with E-state index in [-0.39, 0.29) is 36.0 Å². The summed E-state index contributed by atoms with van der Waals surface area (Å²) in [5, 5.41) is 18.5. The van der Waals surface area contributed by atoms with Gasteiger partial charge in [0.1, 0.15) is 0 Å². The SMILES string of the molecule is CCNC(=NCC1(CCO)CCCCC1)NCC(C)Cc1cccs1.I. The quantitative estimate of drug-likeness (QED) is 0.271. The Labute approximate surface area is 180 Å².